The number of benzene rings is 1. The smallest absolute Gasteiger partial charge is 0.0476 e. The molecular weight excluding hydrogens is 192 g/mol. The molecular formula is C13H18Cl. The molecule has 1 radical (unpaired) electrons. The molecule has 0 N–H and O–H groups in total. The summed E-state index contributed by atoms with van der Waals surface area (Å²) >= 11 is 6.29. The van der Waals surface area contributed by atoms with Crippen LogP contribution in [0.25, 0.3) is 0 Å². The van der Waals surface area contributed by atoms with Crippen molar-refractivity contribution in [2.75, 3.05) is 0 Å². The van der Waals surface area contributed by atoms with Crippen LogP contribution in [-0.2, 0) is 12.8 Å². The van der Waals surface area contributed by atoms with Gasteiger partial charge in [-0.1, -0.05) is 38.4 Å². The number of halogens is 1. The molecule has 0 amide bonds. The van der Waals surface area contributed by atoms with Crippen LogP contribution in [0.3, 0.4) is 0 Å². The van der Waals surface area contributed by atoms with E-state index in [1.165, 1.54) is 11.1 Å². The Morgan fingerprint density at radius 3 is 2.57 bits per heavy atom. The summed E-state index contributed by atoms with van der Waals surface area (Å²) in [5, 5.41) is 0.915. The highest BCUT2D eigenvalue weighted by molar-refractivity contribution is 6.32. The Morgan fingerprint density at radius 2 is 2.07 bits per heavy atom. The second-order valence-corrected chi connectivity index (χ2v) is 4.56. The molecule has 0 bridgehead atoms. The van der Waals surface area contributed by atoms with Gasteiger partial charge in [0.25, 0.3) is 0 Å². The van der Waals surface area contributed by atoms with Gasteiger partial charge in [0.15, 0.2) is 0 Å². The molecule has 0 nitrogen and oxygen atoms in total. The summed E-state index contributed by atoms with van der Waals surface area (Å²) in [5.74, 6) is 0.652. The maximum Gasteiger partial charge on any atom is 0.0476 e. The summed E-state index contributed by atoms with van der Waals surface area (Å²) in [6, 6.07) is 5.28. The molecule has 77 valence electrons. The van der Waals surface area contributed by atoms with Gasteiger partial charge >= 0.3 is 0 Å². The van der Waals surface area contributed by atoms with Crippen LogP contribution in [-0.4, -0.2) is 0 Å². The largest absolute Gasteiger partial charge is 0.0837 e. The van der Waals surface area contributed by atoms with E-state index in [9.17, 15) is 0 Å². The van der Waals surface area contributed by atoms with Gasteiger partial charge in [-0.25, -0.2) is 0 Å². The van der Waals surface area contributed by atoms with E-state index < -0.39 is 0 Å². The zero-order chi connectivity index (χ0) is 10.7. The summed E-state index contributed by atoms with van der Waals surface area (Å²) in [7, 11) is 0. The minimum atomic E-state index is 0.652. The van der Waals surface area contributed by atoms with Gasteiger partial charge in [-0.2, -0.15) is 0 Å². The van der Waals surface area contributed by atoms with Crippen LogP contribution in [0.4, 0.5) is 0 Å². The predicted octanol–water partition coefficient (Wildman–Crippen LogP) is 4.21. The fourth-order valence-electron chi connectivity index (χ4n) is 1.66. The van der Waals surface area contributed by atoms with Crippen LogP contribution in [0.1, 0.15) is 37.5 Å². The average molecular weight is 210 g/mol. The molecule has 0 heterocycles. The molecule has 0 unspecified atom stereocenters. The molecule has 0 aliphatic heterocycles. The molecule has 0 fully saturated rings. The minimum Gasteiger partial charge on any atom is -0.0837 e. The Balaban J connectivity index is 3.14. The third kappa shape index (κ3) is 2.51. The maximum atomic E-state index is 6.29. The molecule has 1 rings (SSSR count). The Bertz CT molecular complexity index is 313. The first-order valence-electron chi connectivity index (χ1n) is 5.24. The van der Waals surface area contributed by atoms with Crippen molar-refractivity contribution < 1.29 is 0 Å². The summed E-state index contributed by atoms with van der Waals surface area (Å²) in [5.41, 5.74) is 3.73. The molecule has 0 aliphatic carbocycles. The zero-order valence-corrected chi connectivity index (χ0v) is 10.2. The van der Waals surface area contributed by atoms with E-state index in [0.29, 0.717) is 5.92 Å². The van der Waals surface area contributed by atoms with Crippen LogP contribution < -0.4 is 0 Å². The SMILES string of the molecule is CCc1c[c]c(C)c(Cl)c1CC(C)C. The predicted molar refractivity (Wildman–Crippen MR) is 62.9 cm³/mol. The van der Waals surface area contributed by atoms with Crippen molar-refractivity contribution in [3.63, 3.8) is 0 Å². The third-order valence-electron chi connectivity index (χ3n) is 2.44. The first-order valence-corrected chi connectivity index (χ1v) is 5.62. The Kier molecular flexibility index (Phi) is 4.00. The second kappa shape index (κ2) is 4.84. The molecule has 1 aromatic carbocycles. The van der Waals surface area contributed by atoms with Gasteiger partial charge in [0.1, 0.15) is 0 Å². The fourth-order valence-corrected chi connectivity index (χ4v) is 1.91. The van der Waals surface area contributed by atoms with E-state index in [4.69, 9.17) is 11.6 Å². The normalized spacial score (nSPS) is 11.0. The molecule has 0 aromatic heterocycles. The number of hydrogen-bond donors (Lipinski definition) is 0. The molecule has 14 heavy (non-hydrogen) atoms. The first-order chi connectivity index (χ1) is 6.56. The molecule has 1 aromatic rings. The van der Waals surface area contributed by atoms with Crippen molar-refractivity contribution in [3.8, 4) is 0 Å². The highest BCUT2D eigenvalue weighted by atomic mass is 35.5. The van der Waals surface area contributed by atoms with Crippen molar-refractivity contribution in [1.29, 1.82) is 0 Å². The highest BCUT2D eigenvalue weighted by Gasteiger charge is 2.10. The first kappa shape index (κ1) is 11.6. The van der Waals surface area contributed by atoms with Crippen molar-refractivity contribution in [3.05, 3.63) is 33.8 Å². The highest BCUT2D eigenvalue weighted by Crippen LogP contribution is 2.26. The van der Waals surface area contributed by atoms with Gasteiger partial charge < -0.3 is 0 Å². The zero-order valence-electron chi connectivity index (χ0n) is 9.45. The third-order valence-corrected chi connectivity index (χ3v) is 2.95. The van der Waals surface area contributed by atoms with E-state index in [1.807, 2.05) is 6.92 Å². The van der Waals surface area contributed by atoms with Crippen LogP contribution in [0.5, 0.6) is 0 Å². The average Bonchev–Trinajstić information content (AvgIpc) is 2.13. The molecule has 0 spiro atoms. The van der Waals surface area contributed by atoms with Gasteiger partial charge in [-0.05, 0) is 48.4 Å². The van der Waals surface area contributed by atoms with Crippen LogP contribution in [0.2, 0.25) is 5.02 Å². The van der Waals surface area contributed by atoms with Crippen molar-refractivity contribution in [1.82, 2.24) is 0 Å². The van der Waals surface area contributed by atoms with Crippen molar-refractivity contribution in [2.24, 2.45) is 5.92 Å². The number of hydrogen-bond acceptors (Lipinski definition) is 0. The summed E-state index contributed by atoms with van der Waals surface area (Å²) in [6.07, 6.45) is 2.11. The molecule has 0 saturated heterocycles. The van der Waals surface area contributed by atoms with E-state index >= 15 is 0 Å². The van der Waals surface area contributed by atoms with E-state index in [1.54, 1.807) is 0 Å². The van der Waals surface area contributed by atoms with Crippen LogP contribution in [0.15, 0.2) is 6.07 Å². The van der Waals surface area contributed by atoms with Gasteiger partial charge in [-0.15, -0.1) is 0 Å². The van der Waals surface area contributed by atoms with Gasteiger partial charge in [0.2, 0.25) is 0 Å². The molecule has 1 heteroatoms. The Hall–Kier alpha value is -0.490. The Labute approximate surface area is 92.3 Å². The fraction of sp³-hybridized carbons (Fsp3) is 0.538. The monoisotopic (exact) mass is 209 g/mol. The number of rotatable bonds is 3. The maximum absolute atomic E-state index is 6.29. The second-order valence-electron chi connectivity index (χ2n) is 4.18. The van der Waals surface area contributed by atoms with E-state index in [2.05, 4.69) is 32.9 Å². The van der Waals surface area contributed by atoms with E-state index in [-0.39, 0.29) is 0 Å². The Morgan fingerprint density at radius 1 is 1.43 bits per heavy atom. The van der Waals surface area contributed by atoms with Crippen molar-refractivity contribution >= 4 is 11.6 Å². The topological polar surface area (TPSA) is 0 Å². The lowest BCUT2D eigenvalue weighted by Crippen LogP contribution is -2.01. The van der Waals surface area contributed by atoms with Gasteiger partial charge in [0, 0.05) is 5.02 Å². The molecule has 0 aliphatic rings. The summed E-state index contributed by atoms with van der Waals surface area (Å²) in [6.45, 7) is 8.63. The quantitative estimate of drug-likeness (QED) is 0.700. The summed E-state index contributed by atoms with van der Waals surface area (Å²) in [4.78, 5) is 0. The molecule has 0 atom stereocenters. The number of aryl methyl sites for hydroxylation is 2. The minimum absolute atomic E-state index is 0.652. The molecule has 0 saturated carbocycles. The van der Waals surface area contributed by atoms with Gasteiger partial charge in [0.05, 0.1) is 0 Å². The standard InChI is InChI=1S/C13H18Cl/c1-5-11-7-6-10(4)13(14)12(11)8-9(2)3/h7,9H,5,8H2,1-4H3. The van der Waals surface area contributed by atoms with Crippen LogP contribution >= 0.6 is 11.6 Å². The van der Waals surface area contributed by atoms with Crippen LogP contribution in [0, 0.1) is 18.9 Å². The lowest BCUT2D eigenvalue weighted by molar-refractivity contribution is 0.643. The lowest BCUT2D eigenvalue weighted by atomic mass is 9.95. The van der Waals surface area contributed by atoms with Crippen molar-refractivity contribution in [2.45, 2.75) is 40.5 Å². The lowest BCUT2D eigenvalue weighted by Gasteiger charge is -2.13. The summed E-state index contributed by atoms with van der Waals surface area (Å²) < 4.78 is 0. The van der Waals surface area contributed by atoms with Gasteiger partial charge in [-0.3, -0.25) is 0 Å². The van der Waals surface area contributed by atoms with E-state index in [0.717, 1.165) is 23.4 Å².